The molecular formula is C32H34I3N9O. The Kier molecular flexibility index (Phi) is 10.5. The van der Waals surface area contributed by atoms with Gasteiger partial charge in [-0.05, 0) is 144 Å². The van der Waals surface area contributed by atoms with E-state index >= 15 is 0 Å². The topological polar surface area (TPSA) is 145 Å². The lowest BCUT2D eigenvalue weighted by molar-refractivity contribution is -0.122. The Morgan fingerprint density at radius 1 is 0.689 bits per heavy atom. The molecule has 4 N–H and O–H groups in total. The van der Waals surface area contributed by atoms with Crippen LogP contribution in [-0.2, 0) is 21.2 Å². The second kappa shape index (κ2) is 13.5. The Morgan fingerprint density at radius 3 is 1.42 bits per heavy atom. The number of fused-ring (bicyclic) bond motifs is 3. The van der Waals surface area contributed by atoms with Gasteiger partial charge in [-0.25, -0.2) is 13.5 Å². The molecule has 0 saturated carbocycles. The summed E-state index contributed by atoms with van der Waals surface area (Å²) in [6, 6.07) is 14.3. The van der Waals surface area contributed by atoms with Gasteiger partial charge in [-0.1, -0.05) is 18.2 Å². The lowest BCUT2D eigenvalue weighted by Crippen LogP contribution is -2.35. The van der Waals surface area contributed by atoms with Gasteiger partial charge in [0.05, 0.1) is 62.8 Å². The highest BCUT2D eigenvalue weighted by Gasteiger charge is 2.28. The summed E-state index contributed by atoms with van der Waals surface area (Å²) in [5.74, 6) is -0.339. The minimum Gasteiger partial charge on any atom is -0.369 e. The van der Waals surface area contributed by atoms with E-state index in [-0.39, 0.29) is 11.4 Å². The summed E-state index contributed by atoms with van der Waals surface area (Å²) in [6.45, 7) is 11.4. The van der Waals surface area contributed by atoms with Crippen LogP contribution in [0.5, 0.6) is 0 Å². The molecule has 0 unspecified atom stereocenters. The highest BCUT2D eigenvalue weighted by Crippen LogP contribution is 2.25. The SMILES string of the molecule is CC(C)(C#N)c1ccc2c(I)cnn2c1.CC(C)(C(N)=O)c1ccc2c(I)cnn2c1.CC(C)(N)c1ccc2c(I)cnn2c1. The van der Waals surface area contributed by atoms with Crippen molar-refractivity contribution in [3.8, 4) is 6.07 Å². The van der Waals surface area contributed by atoms with Crippen molar-refractivity contribution in [1.82, 2.24) is 28.8 Å². The molecule has 13 heteroatoms. The number of halogens is 3. The van der Waals surface area contributed by atoms with Crippen molar-refractivity contribution in [2.24, 2.45) is 11.5 Å². The van der Waals surface area contributed by atoms with Crippen molar-refractivity contribution in [1.29, 1.82) is 5.26 Å². The summed E-state index contributed by atoms with van der Waals surface area (Å²) >= 11 is 6.74. The number of primary amides is 1. The molecular weight excluding hydrogens is 907 g/mol. The average molecular weight is 941 g/mol. The lowest BCUT2D eigenvalue weighted by atomic mass is 9.85. The number of hydrogen-bond acceptors (Lipinski definition) is 6. The van der Waals surface area contributed by atoms with E-state index < -0.39 is 10.8 Å². The molecule has 6 rings (SSSR count). The standard InChI is InChI=1S/C11H12IN3O.C11H10IN3.C10H12IN3/c1-11(2,10(13)16)7-3-4-9-8(12)5-14-15(9)6-7;1-11(2,7-13)8-3-4-10-9(12)5-14-15(10)6-8;1-10(2,12)7-3-4-9-8(11)5-13-14(9)6-7/h3-6H,1-2H3,(H2,13,16);3-6H,1-2H3;3-6H,12H2,1-2H3. The van der Waals surface area contributed by atoms with Gasteiger partial charge in [-0.3, -0.25) is 4.79 Å². The molecule has 0 aliphatic rings. The van der Waals surface area contributed by atoms with Gasteiger partial charge in [0.2, 0.25) is 5.91 Å². The highest BCUT2D eigenvalue weighted by atomic mass is 127. The zero-order valence-corrected chi connectivity index (χ0v) is 32.2. The Balaban J connectivity index is 0.000000154. The molecule has 0 atom stereocenters. The van der Waals surface area contributed by atoms with Crippen LogP contribution in [0.15, 0.2) is 73.6 Å². The van der Waals surface area contributed by atoms with Gasteiger partial charge >= 0.3 is 0 Å². The number of hydrogen-bond donors (Lipinski definition) is 2. The van der Waals surface area contributed by atoms with Gasteiger partial charge < -0.3 is 11.5 Å². The minimum absolute atomic E-state index is 0.314. The van der Waals surface area contributed by atoms with E-state index in [1.165, 1.54) is 0 Å². The first-order valence-corrected chi connectivity index (χ1v) is 17.1. The van der Waals surface area contributed by atoms with Crippen LogP contribution in [0.3, 0.4) is 0 Å². The number of rotatable bonds is 4. The molecule has 6 heterocycles. The van der Waals surface area contributed by atoms with Crippen LogP contribution < -0.4 is 11.5 Å². The molecule has 0 spiro atoms. The summed E-state index contributed by atoms with van der Waals surface area (Å²) in [5, 5.41) is 21.7. The van der Waals surface area contributed by atoms with Crippen LogP contribution in [-0.4, -0.2) is 34.7 Å². The molecule has 1 amide bonds. The fourth-order valence-corrected chi connectivity index (χ4v) is 5.84. The van der Waals surface area contributed by atoms with Crippen molar-refractivity contribution in [2.75, 3.05) is 0 Å². The van der Waals surface area contributed by atoms with E-state index in [4.69, 9.17) is 16.7 Å². The predicted octanol–water partition coefficient (Wildman–Crippen LogP) is 6.57. The van der Waals surface area contributed by atoms with E-state index in [0.717, 1.165) is 44.0 Å². The number of amides is 1. The predicted molar refractivity (Wildman–Crippen MR) is 202 cm³/mol. The first-order valence-electron chi connectivity index (χ1n) is 13.9. The quantitative estimate of drug-likeness (QED) is 0.192. The van der Waals surface area contributed by atoms with Crippen molar-refractivity contribution < 1.29 is 4.79 Å². The third-order valence-corrected chi connectivity index (χ3v) is 9.98. The first kappa shape index (κ1) is 35.0. The number of pyridine rings is 3. The number of nitrogens with two attached hydrogens (primary N) is 2. The molecule has 0 radical (unpaired) electrons. The summed E-state index contributed by atoms with van der Waals surface area (Å²) in [6.07, 6.45) is 11.2. The second-order valence-corrected chi connectivity index (χ2v) is 15.7. The number of nitrogens with zero attached hydrogens (tertiary/aromatic N) is 7. The number of aromatic nitrogens is 6. The molecule has 6 aromatic heterocycles. The zero-order chi connectivity index (χ0) is 33.3. The molecule has 6 aromatic rings. The molecule has 0 saturated heterocycles. The van der Waals surface area contributed by atoms with Gasteiger partial charge in [0, 0.05) is 24.1 Å². The minimum atomic E-state index is -0.675. The number of carbonyl (C=O) groups is 1. The van der Waals surface area contributed by atoms with E-state index in [1.54, 1.807) is 10.7 Å². The van der Waals surface area contributed by atoms with Crippen LogP contribution in [0.25, 0.3) is 16.6 Å². The summed E-state index contributed by atoms with van der Waals surface area (Å²) < 4.78 is 8.81. The fourth-order valence-electron chi connectivity index (χ4n) is 4.19. The normalized spacial score (nSPS) is 11.9. The van der Waals surface area contributed by atoms with Crippen LogP contribution >= 0.6 is 67.8 Å². The smallest absolute Gasteiger partial charge is 0.227 e. The van der Waals surface area contributed by atoms with Crippen molar-refractivity contribution in [2.45, 2.75) is 57.9 Å². The molecule has 45 heavy (non-hydrogen) atoms. The van der Waals surface area contributed by atoms with E-state index in [2.05, 4.69) is 101 Å². The summed E-state index contributed by atoms with van der Waals surface area (Å²) in [4.78, 5) is 11.4. The molecule has 234 valence electrons. The van der Waals surface area contributed by atoms with Gasteiger partial charge in [-0.15, -0.1) is 0 Å². The molecule has 0 bridgehead atoms. The largest absolute Gasteiger partial charge is 0.369 e. The maximum Gasteiger partial charge on any atom is 0.227 e. The van der Waals surface area contributed by atoms with Gasteiger partial charge in [0.15, 0.2) is 0 Å². The Morgan fingerprint density at radius 2 is 1.04 bits per heavy atom. The van der Waals surface area contributed by atoms with Crippen LogP contribution in [0.1, 0.15) is 58.2 Å². The highest BCUT2D eigenvalue weighted by molar-refractivity contribution is 14.1. The molecule has 0 aliphatic carbocycles. The van der Waals surface area contributed by atoms with Crippen LogP contribution in [0, 0.1) is 22.0 Å². The van der Waals surface area contributed by atoms with Crippen molar-refractivity contribution >= 4 is 90.2 Å². The third-order valence-electron chi connectivity index (χ3n) is 7.49. The molecule has 0 fully saturated rings. The summed E-state index contributed by atoms with van der Waals surface area (Å²) in [7, 11) is 0. The fraction of sp³-hybridized carbons (Fsp3) is 0.281. The van der Waals surface area contributed by atoms with Crippen LogP contribution in [0.2, 0.25) is 0 Å². The maximum atomic E-state index is 11.4. The van der Waals surface area contributed by atoms with E-state index in [0.29, 0.717) is 0 Å². The molecule has 0 aromatic carbocycles. The number of nitriles is 1. The van der Waals surface area contributed by atoms with Gasteiger partial charge in [0.25, 0.3) is 0 Å². The third kappa shape index (κ3) is 7.77. The van der Waals surface area contributed by atoms with Crippen molar-refractivity contribution in [3.05, 3.63) is 101 Å². The van der Waals surface area contributed by atoms with Crippen LogP contribution in [0.4, 0.5) is 0 Å². The maximum absolute atomic E-state index is 11.4. The average Bonchev–Trinajstić information content (AvgIpc) is 3.69. The summed E-state index contributed by atoms with van der Waals surface area (Å²) in [5.41, 5.74) is 16.1. The Bertz CT molecular complexity index is 2040. The zero-order valence-electron chi connectivity index (χ0n) is 25.8. The first-order chi connectivity index (χ1) is 21.0. The van der Waals surface area contributed by atoms with Gasteiger partial charge in [-0.2, -0.15) is 20.6 Å². The van der Waals surface area contributed by atoms with Crippen molar-refractivity contribution in [3.63, 3.8) is 0 Å². The van der Waals surface area contributed by atoms with E-state index in [1.807, 2.05) is 106 Å². The Hall–Kier alpha value is -2.82. The molecule has 0 aliphatic heterocycles. The van der Waals surface area contributed by atoms with E-state index in [9.17, 15) is 4.79 Å². The number of carbonyl (C=O) groups excluding carboxylic acids is 1. The lowest BCUT2D eigenvalue weighted by Gasteiger charge is -2.20. The second-order valence-electron chi connectivity index (χ2n) is 12.2. The Labute approximate surface area is 303 Å². The molecule has 10 nitrogen and oxygen atoms in total. The monoisotopic (exact) mass is 941 g/mol. The van der Waals surface area contributed by atoms with Gasteiger partial charge in [0.1, 0.15) is 0 Å².